The summed E-state index contributed by atoms with van der Waals surface area (Å²) in [6, 6.07) is 5.77. The van der Waals surface area contributed by atoms with Crippen molar-refractivity contribution in [3.05, 3.63) is 35.3 Å². The Bertz CT molecular complexity index is 1030. The summed E-state index contributed by atoms with van der Waals surface area (Å²) in [4.78, 5) is 31.4. The van der Waals surface area contributed by atoms with Crippen LogP contribution in [0.4, 0.5) is 0 Å². The zero-order chi connectivity index (χ0) is 21.2. The number of hydrogen-bond acceptors (Lipinski definition) is 6. The molecule has 7 nitrogen and oxygen atoms in total. The molecule has 1 atom stereocenters. The third-order valence-corrected chi connectivity index (χ3v) is 5.74. The van der Waals surface area contributed by atoms with Crippen molar-refractivity contribution in [3.63, 3.8) is 0 Å². The van der Waals surface area contributed by atoms with Crippen LogP contribution in [0.3, 0.4) is 0 Å². The zero-order valence-corrected chi connectivity index (χ0v) is 18.2. The summed E-state index contributed by atoms with van der Waals surface area (Å²) in [5, 5.41) is 9.94. The number of esters is 1. The van der Waals surface area contributed by atoms with Crippen LogP contribution in [0.15, 0.2) is 29.8 Å². The number of rotatable bonds is 7. The first-order chi connectivity index (χ1) is 13.8. The predicted molar refractivity (Wildman–Crippen MR) is 114 cm³/mol. The maximum atomic E-state index is 13.3. The summed E-state index contributed by atoms with van der Waals surface area (Å²) in [6.45, 7) is 7.68. The van der Waals surface area contributed by atoms with E-state index in [9.17, 15) is 9.59 Å². The Morgan fingerprint density at radius 2 is 2.14 bits per heavy atom. The molecular weight excluding hydrogens is 388 g/mol. The fourth-order valence-electron chi connectivity index (χ4n) is 3.39. The van der Waals surface area contributed by atoms with Crippen molar-refractivity contribution in [2.45, 2.75) is 52.1 Å². The molecule has 0 aliphatic heterocycles. The van der Waals surface area contributed by atoms with E-state index in [1.165, 1.54) is 7.11 Å². The van der Waals surface area contributed by atoms with E-state index >= 15 is 0 Å². The molecule has 0 bridgehead atoms. The maximum absolute atomic E-state index is 13.3. The topological polar surface area (TPSA) is 86.1 Å². The molecule has 0 saturated carbocycles. The Balaban J connectivity index is 2.12. The molecule has 154 valence electrons. The number of pyridine rings is 1. The number of thiophene rings is 1. The maximum Gasteiger partial charge on any atom is 0.331 e. The number of nitrogens with one attached hydrogen (secondary N) is 1. The molecule has 1 unspecified atom stereocenters. The van der Waals surface area contributed by atoms with E-state index in [0.717, 1.165) is 11.3 Å². The predicted octanol–water partition coefficient (Wildman–Crippen LogP) is 4.20. The lowest BCUT2D eigenvalue weighted by Crippen LogP contribution is -2.52. The van der Waals surface area contributed by atoms with Crippen molar-refractivity contribution in [1.29, 1.82) is 0 Å². The molecule has 3 aromatic rings. The summed E-state index contributed by atoms with van der Waals surface area (Å²) in [7, 11) is 1.33. The SMILES string of the molecule is CCCC(C)(NC(=O)c1cc(-c2cccs2)nc2c1cnn2C(C)C)C(=O)OC. The van der Waals surface area contributed by atoms with Gasteiger partial charge in [0, 0.05) is 6.04 Å². The van der Waals surface area contributed by atoms with Gasteiger partial charge in [0.1, 0.15) is 5.54 Å². The van der Waals surface area contributed by atoms with Crippen LogP contribution in [0.1, 0.15) is 56.9 Å². The van der Waals surface area contributed by atoms with E-state index in [0.29, 0.717) is 28.7 Å². The van der Waals surface area contributed by atoms with Gasteiger partial charge < -0.3 is 10.1 Å². The summed E-state index contributed by atoms with van der Waals surface area (Å²) in [6.07, 6.45) is 2.86. The Morgan fingerprint density at radius 3 is 2.72 bits per heavy atom. The number of methoxy groups -OCH3 is 1. The van der Waals surface area contributed by atoms with Gasteiger partial charge in [-0.1, -0.05) is 19.4 Å². The monoisotopic (exact) mass is 414 g/mol. The van der Waals surface area contributed by atoms with Gasteiger partial charge in [0.05, 0.1) is 34.8 Å². The van der Waals surface area contributed by atoms with Crippen molar-refractivity contribution in [3.8, 4) is 10.6 Å². The lowest BCUT2D eigenvalue weighted by Gasteiger charge is -2.27. The molecule has 1 amide bonds. The first-order valence-corrected chi connectivity index (χ1v) is 10.5. The molecule has 8 heteroatoms. The fourth-order valence-corrected chi connectivity index (χ4v) is 4.08. The Labute approximate surface area is 174 Å². The van der Waals surface area contributed by atoms with Crippen LogP contribution in [0, 0.1) is 0 Å². The number of hydrogen-bond donors (Lipinski definition) is 1. The highest BCUT2D eigenvalue weighted by Gasteiger charge is 2.36. The van der Waals surface area contributed by atoms with Gasteiger partial charge in [0.25, 0.3) is 5.91 Å². The van der Waals surface area contributed by atoms with Gasteiger partial charge >= 0.3 is 5.97 Å². The van der Waals surface area contributed by atoms with Crippen molar-refractivity contribution >= 4 is 34.2 Å². The van der Waals surface area contributed by atoms with Gasteiger partial charge in [-0.2, -0.15) is 5.10 Å². The standard InChI is InChI=1S/C21H26N4O3S/c1-6-9-21(4,20(27)28-5)24-19(26)14-11-16(17-8-7-10-29-17)23-18-15(14)12-22-25(18)13(2)3/h7-8,10-13H,6,9H2,1-5H3,(H,24,26). The lowest BCUT2D eigenvalue weighted by atomic mass is 9.95. The third kappa shape index (κ3) is 4.03. The molecule has 3 rings (SSSR count). The number of carbonyl (C=O) groups is 2. The fraction of sp³-hybridized carbons (Fsp3) is 0.429. The minimum absolute atomic E-state index is 0.0925. The summed E-state index contributed by atoms with van der Waals surface area (Å²) < 4.78 is 6.73. The Kier molecular flexibility index (Phi) is 6.02. The van der Waals surface area contributed by atoms with Gasteiger partial charge in [-0.3, -0.25) is 4.79 Å². The van der Waals surface area contributed by atoms with E-state index in [1.54, 1.807) is 35.2 Å². The molecule has 1 N–H and O–H groups in total. The van der Waals surface area contributed by atoms with Crippen LogP contribution in [-0.2, 0) is 9.53 Å². The number of amides is 1. The van der Waals surface area contributed by atoms with Gasteiger partial charge in [-0.25, -0.2) is 14.5 Å². The minimum Gasteiger partial charge on any atom is -0.467 e. The summed E-state index contributed by atoms with van der Waals surface area (Å²) in [5.41, 5.74) is 0.686. The minimum atomic E-state index is -1.10. The molecule has 0 spiro atoms. The molecule has 0 saturated heterocycles. The van der Waals surface area contributed by atoms with Gasteiger partial charge in [0.2, 0.25) is 0 Å². The van der Waals surface area contributed by atoms with E-state index in [2.05, 4.69) is 10.4 Å². The zero-order valence-electron chi connectivity index (χ0n) is 17.4. The molecule has 0 aliphatic rings. The molecule has 0 fully saturated rings. The number of nitrogens with zero attached hydrogens (tertiary/aromatic N) is 3. The van der Waals surface area contributed by atoms with Crippen molar-refractivity contribution in [2.24, 2.45) is 0 Å². The van der Waals surface area contributed by atoms with Crippen molar-refractivity contribution in [2.75, 3.05) is 7.11 Å². The molecule has 3 heterocycles. The van der Waals surface area contributed by atoms with Crippen LogP contribution in [-0.4, -0.2) is 39.3 Å². The second kappa shape index (κ2) is 8.32. The lowest BCUT2D eigenvalue weighted by molar-refractivity contribution is -0.147. The molecular formula is C21H26N4O3S. The number of fused-ring (bicyclic) bond motifs is 1. The average molecular weight is 415 g/mol. The van der Waals surface area contributed by atoms with E-state index in [1.807, 2.05) is 38.3 Å². The smallest absolute Gasteiger partial charge is 0.331 e. The highest BCUT2D eigenvalue weighted by atomic mass is 32.1. The molecule has 0 radical (unpaired) electrons. The summed E-state index contributed by atoms with van der Waals surface area (Å²) >= 11 is 1.55. The Morgan fingerprint density at radius 1 is 1.38 bits per heavy atom. The second-order valence-electron chi connectivity index (χ2n) is 7.48. The molecule has 29 heavy (non-hydrogen) atoms. The van der Waals surface area contributed by atoms with E-state index < -0.39 is 11.5 Å². The van der Waals surface area contributed by atoms with Crippen LogP contribution >= 0.6 is 11.3 Å². The summed E-state index contributed by atoms with van der Waals surface area (Å²) in [5.74, 6) is -0.811. The van der Waals surface area contributed by atoms with E-state index in [-0.39, 0.29) is 11.9 Å². The highest BCUT2D eigenvalue weighted by molar-refractivity contribution is 7.13. The van der Waals surface area contributed by atoms with Gasteiger partial charge in [0.15, 0.2) is 5.65 Å². The first-order valence-electron chi connectivity index (χ1n) is 9.63. The highest BCUT2D eigenvalue weighted by Crippen LogP contribution is 2.29. The quantitative estimate of drug-likeness (QED) is 0.586. The van der Waals surface area contributed by atoms with Crippen molar-refractivity contribution < 1.29 is 14.3 Å². The molecule has 0 aliphatic carbocycles. The van der Waals surface area contributed by atoms with E-state index in [4.69, 9.17) is 9.72 Å². The first kappa shape index (κ1) is 21.0. The van der Waals surface area contributed by atoms with Crippen LogP contribution in [0.2, 0.25) is 0 Å². The van der Waals surface area contributed by atoms with Gasteiger partial charge in [-0.05, 0) is 44.7 Å². The number of aromatic nitrogens is 3. The van der Waals surface area contributed by atoms with Crippen molar-refractivity contribution in [1.82, 2.24) is 20.1 Å². The largest absolute Gasteiger partial charge is 0.467 e. The number of ether oxygens (including phenoxy) is 1. The van der Waals surface area contributed by atoms with Crippen LogP contribution < -0.4 is 5.32 Å². The van der Waals surface area contributed by atoms with Gasteiger partial charge in [-0.15, -0.1) is 11.3 Å². The Hall–Kier alpha value is -2.74. The molecule has 0 aromatic carbocycles. The third-order valence-electron chi connectivity index (χ3n) is 4.85. The normalized spacial score (nSPS) is 13.4. The van der Waals surface area contributed by atoms with Crippen LogP contribution in [0.5, 0.6) is 0 Å². The average Bonchev–Trinajstić information content (AvgIpc) is 3.36. The van der Waals surface area contributed by atoms with Crippen LogP contribution in [0.25, 0.3) is 21.6 Å². The second-order valence-corrected chi connectivity index (χ2v) is 8.43. The molecule has 3 aromatic heterocycles. The number of carbonyl (C=O) groups excluding carboxylic acids is 2.